The highest BCUT2D eigenvalue weighted by Gasteiger charge is 2.02. The Kier molecular flexibility index (Phi) is 6.13. The third-order valence-corrected chi connectivity index (χ3v) is 2.77. The van der Waals surface area contributed by atoms with Gasteiger partial charge in [-0.3, -0.25) is 0 Å². The molecule has 0 aliphatic rings. The van der Waals surface area contributed by atoms with Crippen LogP contribution in [0.15, 0.2) is 22.7 Å². The molecular weight excluding hydrogens is 293 g/mol. The number of benzene rings is 1. The summed E-state index contributed by atoms with van der Waals surface area (Å²) in [6.07, 6.45) is -0.281. The minimum absolute atomic E-state index is 0.281. The molecule has 0 saturated heterocycles. The molecule has 5 heteroatoms. The summed E-state index contributed by atoms with van der Waals surface area (Å²) in [6.45, 7) is 3.84. The summed E-state index contributed by atoms with van der Waals surface area (Å²) in [6, 6.07) is 5.53. The van der Waals surface area contributed by atoms with Crippen LogP contribution in [0.25, 0.3) is 0 Å². The van der Waals surface area contributed by atoms with Gasteiger partial charge in [0.1, 0.15) is 25.4 Å². The molecule has 0 spiro atoms. The maximum atomic E-state index is 9.04. The Morgan fingerprint density at radius 2 is 2.31 bits per heavy atom. The lowest BCUT2D eigenvalue weighted by Crippen LogP contribution is -2.87. The SMILES string of the molecule is C[C@@H](O)C[NH2+]CCOc1ccc(Br)cc1Cl. The average Bonchev–Trinajstić information content (AvgIpc) is 2.20. The number of halogens is 2. The number of quaternary nitrogens is 1. The second-order valence-electron chi connectivity index (χ2n) is 3.59. The molecule has 1 aromatic rings. The molecule has 0 aliphatic heterocycles. The van der Waals surface area contributed by atoms with E-state index in [4.69, 9.17) is 21.4 Å². The largest absolute Gasteiger partial charge is 0.486 e. The van der Waals surface area contributed by atoms with Crippen molar-refractivity contribution in [2.45, 2.75) is 13.0 Å². The zero-order valence-corrected chi connectivity index (χ0v) is 11.5. The fourth-order valence-corrected chi connectivity index (χ4v) is 1.93. The van der Waals surface area contributed by atoms with Gasteiger partial charge in [-0.1, -0.05) is 27.5 Å². The lowest BCUT2D eigenvalue weighted by Gasteiger charge is -2.08. The van der Waals surface area contributed by atoms with Crippen molar-refractivity contribution in [3.63, 3.8) is 0 Å². The van der Waals surface area contributed by atoms with Crippen LogP contribution in [-0.4, -0.2) is 30.9 Å². The van der Waals surface area contributed by atoms with Gasteiger partial charge in [0, 0.05) is 4.47 Å². The first-order valence-electron chi connectivity index (χ1n) is 5.17. The van der Waals surface area contributed by atoms with Crippen molar-refractivity contribution in [3.8, 4) is 5.75 Å². The first-order chi connectivity index (χ1) is 7.59. The molecule has 0 aromatic heterocycles. The zero-order valence-electron chi connectivity index (χ0n) is 9.12. The molecule has 1 rings (SSSR count). The second-order valence-corrected chi connectivity index (χ2v) is 4.91. The van der Waals surface area contributed by atoms with E-state index in [9.17, 15) is 0 Å². The Hall–Kier alpha value is -0.290. The summed E-state index contributed by atoms with van der Waals surface area (Å²) in [5, 5.41) is 11.7. The molecule has 0 unspecified atom stereocenters. The number of nitrogens with two attached hydrogens (primary N) is 1. The van der Waals surface area contributed by atoms with Crippen LogP contribution in [0.1, 0.15) is 6.92 Å². The molecule has 0 radical (unpaired) electrons. The van der Waals surface area contributed by atoms with Crippen LogP contribution >= 0.6 is 27.5 Å². The molecule has 0 bridgehead atoms. The van der Waals surface area contributed by atoms with Gasteiger partial charge in [0.25, 0.3) is 0 Å². The molecule has 16 heavy (non-hydrogen) atoms. The quantitative estimate of drug-likeness (QED) is 0.781. The van der Waals surface area contributed by atoms with Crippen molar-refractivity contribution in [1.29, 1.82) is 0 Å². The fraction of sp³-hybridized carbons (Fsp3) is 0.455. The van der Waals surface area contributed by atoms with Crippen molar-refractivity contribution in [2.24, 2.45) is 0 Å². The van der Waals surface area contributed by atoms with E-state index in [1.807, 2.05) is 17.4 Å². The minimum Gasteiger partial charge on any atom is -0.486 e. The molecule has 1 atom stereocenters. The third kappa shape index (κ3) is 5.16. The lowest BCUT2D eigenvalue weighted by molar-refractivity contribution is -0.661. The fourth-order valence-electron chi connectivity index (χ4n) is 1.20. The van der Waals surface area contributed by atoms with Gasteiger partial charge in [-0.05, 0) is 25.1 Å². The lowest BCUT2D eigenvalue weighted by atomic mass is 10.3. The third-order valence-electron chi connectivity index (χ3n) is 1.98. The van der Waals surface area contributed by atoms with Gasteiger partial charge in [-0.2, -0.15) is 0 Å². The summed E-state index contributed by atoms with van der Waals surface area (Å²) >= 11 is 9.32. The van der Waals surface area contributed by atoms with E-state index >= 15 is 0 Å². The zero-order chi connectivity index (χ0) is 12.0. The van der Waals surface area contributed by atoms with E-state index in [-0.39, 0.29) is 6.10 Å². The van der Waals surface area contributed by atoms with Crippen LogP contribution < -0.4 is 10.1 Å². The minimum atomic E-state index is -0.281. The van der Waals surface area contributed by atoms with Crippen LogP contribution in [0.5, 0.6) is 5.75 Å². The molecule has 3 N–H and O–H groups in total. The average molecular weight is 310 g/mol. The van der Waals surface area contributed by atoms with Gasteiger partial charge in [0.2, 0.25) is 0 Å². The van der Waals surface area contributed by atoms with Crippen molar-refractivity contribution >= 4 is 27.5 Å². The topological polar surface area (TPSA) is 46.1 Å². The Morgan fingerprint density at radius 1 is 1.56 bits per heavy atom. The van der Waals surface area contributed by atoms with E-state index in [2.05, 4.69) is 15.9 Å². The summed E-state index contributed by atoms with van der Waals surface area (Å²) < 4.78 is 6.44. The van der Waals surface area contributed by atoms with Gasteiger partial charge < -0.3 is 15.2 Å². The summed E-state index contributed by atoms with van der Waals surface area (Å²) in [7, 11) is 0. The molecular formula is C11H16BrClNO2+. The molecule has 3 nitrogen and oxygen atoms in total. The summed E-state index contributed by atoms with van der Waals surface area (Å²) in [4.78, 5) is 0. The van der Waals surface area contributed by atoms with Crippen LogP contribution in [0.4, 0.5) is 0 Å². The Morgan fingerprint density at radius 3 is 2.94 bits per heavy atom. The van der Waals surface area contributed by atoms with E-state index in [0.717, 1.165) is 11.0 Å². The number of hydrogen-bond donors (Lipinski definition) is 2. The highest BCUT2D eigenvalue weighted by atomic mass is 79.9. The van der Waals surface area contributed by atoms with Crippen molar-refractivity contribution in [1.82, 2.24) is 0 Å². The first-order valence-corrected chi connectivity index (χ1v) is 6.34. The first kappa shape index (κ1) is 13.8. The van der Waals surface area contributed by atoms with E-state index in [1.54, 1.807) is 13.0 Å². The number of aliphatic hydroxyl groups excluding tert-OH is 1. The maximum absolute atomic E-state index is 9.04. The van der Waals surface area contributed by atoms with E-state index in [1.165, 1.54) is 0 Å². The number of rotatable bonds is 6. The maximum Gasteiger partial charge on any atom is 0.138 e. The summed E-state index contributed by atoms with van der Waals surface area (Å²) in [5.74, 6) is 0.690. The van der Waals surface area contributed by atoms with Gasteiger partial charge in [0.15, 0.2) is 0 Å². The molecule has 0 heterocycles. The van der Waals surface area contributed by atoms with Gasteiger partial charge in [0.05, 0.1) is 11.1 Å². The molecule has 0 fully saturated rings. The molecule has 1 aromatic carbocycles. The van der Waals surface area contributed by atoms with Crippen LogP contribution in [0, 0.1) is 0 Å². The van der Waals surface area contributed by atoms with Gasteiger partial charge >= 0.3 is 0 Å². The predicted octanol–water partition coefficient (Wildman–Crippen LogP) is 1.43. The molecule has 0 aliphatic carbocycles. The normalized spacial score (nSPS) is 12.5. The predicted molar refractivity (Wildman–Crippen MR) is 68.0 cm³/mol. The second kappa shape index (κ2) is 7.12. The highest BCUT2D eigenvalue weighted by molar-refractivity contribution is 9.10. The Balaban J connectivity index is 2.27. The van der Waals surface area contributed by atoms with Crippen molar-refractivity contribution < 1.29 is 15.2 Å². The van der Waals surface area contributed by atoms with Gasteiger partial charge in [-0.15, -0.1) is 0 Å². The Labute approximate surface area is 109 Å². The smallest absolute Gasteiger partial charge is 0.138 e. The van der Waals surface area contributed by atoms with Crippen molar-refractivity contribution in [2.75, 3.05) is 19.7 Å². The summed E-state index contributed by atoms with van der Waals surface area (Å²) in [5.41, 5.74) is 0. The van der Waals surface area contributed by atoms with Crippen LogP contribution in [-0.2, 0) is 0 Å². The number of aliphatic hydroxyl groups is 1. The van der Waals surface area contributed by atoms with E-state index in [0.29, 0.717) is 23.9 Å². The molecule has 90 valence electrons. The van der Waals surface area contributed by atoms with Crippen molar-refractivity contribution in [3.05, 3.63) is 27.7 Å². The number of hydrogen-bond acceptors (Lipinski definition) is 2. The van der Waals surface area contributed by atoms with E-state index < -0.39 is 0 Å². The standard InChI is InChI=1S/C11H15BrClNO2/c1-8(15)7-14-4-5-16-11-3-2-9(12)6-10(11)13/h2-3,6,8,14-15H,4-5,7H2,1H3/p+1/t8-/m1/s1. The molecule has 0 amide bonds. The number of ether oxygens (including phenoxy) is 1. The van der Waals surface area contributed by atoms with Gasteiger partial charge in [-0.25, -0.2) is 0 Å². The highest BCUT2D eigenvalue weighted by Crippen LogP contribution is 2.27. The monoisotopic (exact) mass is 308 g/mol. The van der Waals surface area contributed by atoms with Crippen LogP contribution in [0.2, 0.25) is 5.02 Å². The Bertz CT molecular complexity index is 334. The van der Waals surface area contributed by atoms with Crippen LogP contribution in [0.3, 0.4) is 0 Å². The molecule has 0 saturated carbocycles.